The van der Waals surface area contributed by atoms with Crippen LogP contribution in [0.2, 0.25) is 0 Å². The summed E-state index contributed by atoms with van der Waals surface area (Å²) in [6.07, 6.45) is 0. The molecule has 0 heterocycles. The Balaban J connectivity index is -0.000000247. The fourth-order valence-corrected chi connectivity index (χ4v) is 0.596. The van der Waals surface area contributed by atoms with Gasteiger partial charge in [0.05, 0.1) is 4.92 Å². The number of nitrogen functional groups attached to an aromatic ring is 1. The molecule has 1 aromatic rings. The van der Waals surface area contributed by atoms with Gasteiger partial charge in [-0.25, -0.2) is 0 Å². The Morgan fingerprint density at radius 3 is 1.59 bits per heavy atom. The molecule has 0 saturated heterocycles. The molecule has 0 fully saturated rings. The smallest absolute Gasteiger partial charge is 0.759 e. The molecule has 0 aromatic heterocycles. The molecule has 0 aliphatic heterocycles. The maximum absolute atomic E-state index is 10.1. The minimum atomic E-state index is -5.17. The number of nitrogens with two attached hydrogens (primary N) is 1. The molecule has 0 radical (unpaired) electrons. The van der Waals surface area contributed by atoms with E-state index in [1.165, 1.54) is 24.3 Å². The van der Waals surface area contributed by atoms with E-state index in [-0.39, 0.29) is 64.8 Å². The molecule has 0 unspecified atom stereocenters. The Kier molecular flexibility index (Phi) is 13.5. The molecule has 8 nitrogen and oxygen atoms in total. The van der Waals surface area contributed by atoms with Gasteiger partial charge in [-0.3, -0.25) is 18.5 Å². The van der Waals surface area contributed by atoms with Crippen molar-refractivity contribution >= 4 is 21.8 Å². The van der Waals surface area contributed by atoms with Gasteiger partial charge in [-0.05, 0) is 12.1 Å². The molecule has 0 bridgehead atoms. The van der Waals surface area contributed by atoms with Gasteiger partial charge in [0.25, 0.3) is 5.69 Å². The summed E-state index contributed by atoms with van der Waals surface area (Å²) in [6, 6.07) is 5.74. The number of benzene rings is 1. The van der Waals surface area contributed by atoms with E-state index < -0.39 is 15.3 Å². The second-order valence-electron chi connectivity index (χ2n) is 2.26. The van der Waals surface area contributed by atoms with Crippen molar-refractivity contribution in [3.05, 3.63) is 34.4 Å². The van der Waals surface area contributed by atoms with E-state index in [0.29, 0.717) is 5.69 Å². The first-order chi connectivity index (χ1) is 6.70. The number of nitro benzene ring substituents is 1. The second-order valence-corrected chi connectivity index (χ2v) is 3.07. The zero-order valence-electron chi connectivity index (χ0n) is 9.19. The third kappa shape index (κ3) is 16.3. The van der Waals surface area contributed by atoms with E-state index in [9.17, 15) is 10.1 Å². The summed E-state index contributed by atoms with van der Waals surface area (Å²) in [5.74, 6) is 0. The monoisotopic (exact) mass is 280 g/mol. The number of nitro groups is 1. The summed E-state index contributed by atoms with van der Waals surface area (Å²) in [4.78, 5) is 9.62. The maximum atomic E-state index is 10.1. The van der Waals surface area contributed by atoms with Gasteiger partial charge in [-0.15, -0.1) is 0 Å². The van der Waals surface area contributed by atoms with Crippen LogP contribution in [0.4, 0.5) is 11.4 Å². The molecule has 0 spiro atoms. The summed E-state index contributed by atoms with van der Waals surface area (Å²) < 4.78 is 34.1. The molecule has 1 rings (SSSR count). The minimum Gasteiger partial charge on any atom is -0.759 e. The number of non-ortho nitro benzene ring substituents is 1. The van der Waals surface area contributed by atoms with Gasteiger partial charge < -0.3 is 14.8 Å². The molecule has 0 aliphatic carbocycles. The topological polar surface area (TPSA) is 149 Å². The van der Waals surface area contributed by atoms with Crippen LogP contribution in [0.15, 0.2) is 24.3 Å². The molecule has 0 aliphatic rings. The molecule has 17 heavy (non-hydrogen) atoms. The van der Waals surface area contributed by atoms with Gasteiger partial charge in [0.15, 0.2) is 0 Å². The number of anilines is 1. The summed E-state index contributed by atoms with van der Waals surface area (Å²) in [7, 11) is -5.17. The van der Waals surface area contributed by atoms with Crippen molar-refractivity contribution in [1.29, 1.82) is 0 Å². The largest absolute Gasteiger partial charge is 1.00 e. The summed E-state index contributed by atoms with van der Waals surface area (Å²) in [6.45, 7) is 0. The zero-order chi connectivity index (χ0) is 12.1. The Morgan fingerprint density at radius 2 is 1.35 bits per heavy atom. The SMILES string of the molecule is Nc1ccc([N+](=O)[O-])cc1.O=S(=O)([O-])[O-].[Na+].[Na+]. The van der Waals surface area contributed by atoms with Gasteiger partial charge in [-0.1, -0.05) is 0 Å². The van der Waals surface area contributed by atoms with Crippen LogP contribution in [-0.4, -0.2) is 22.4 Å². The van der Waals surface area contributed by atoms with Gasteiger partial charge in [-0.2, -0.15) is 0 Å². The van der Waals surface area contributed by atoms with Crippen LogP contribution in [0.25, 0.3) is 0 Å². The molecule has 0 saturated carbocycles. The quantitative estimate of drug-likeness (QED) is 0.134. The van der Waals surface area contributed by atoms with Crippen LogP contribution in [0.5, 0.6) is 0 Å². The first-order valence-corrected chi connectivity index (χ1v) is 4.70. The molecule has 2 N–H and O–H groups in total. The minimum absolute atomic E-state index is 0. The zero-order valence-corrected chi connectivity index (χ0v) is 14.0. The third-order valence-corrected chi connectivity index (χ3v) is 1.10. The van der Waals surface area contributed by atoms with Crippen molar-refractivity contribution in [2.24, 2.45) is 0 Å². The van der Waals surface area contributed by atoms with Crippen LogP contribution in [0.3, 0.4) is 0 Å². The van der Waals surface area contributed by atoms with Gasteiger partial charge >= 0.3 is 59.1 Å². The molecule has 1 aromatic carbocycles. The number of rotatable bonds is 1. The van der Waals surface area contributed by atoms with Crippen molar-refractivity contribution in [2.75, 3.05) is 5.73 Å². The Bertz CT molecular complexity index is 426. The Morgan fingerprint density at radius 1 is 1.06 bits per heavy atom. The predicted molar refractivity (Wildman–Crippen MR) is 48.0 cm³/mol. The number of hydrogen-bond donors (Lipinski definition) is 1. The van der Waals surface area contributed by atoms with Crippen LogP contribution in [0, 0.1) is 10.1 Å². The van der Waals surface area contributed by atoms with Crippen molar-refractivity contribution in [2.45, 2.75) is 0 Å². The molecular formula is C6H6N2Na2O6S. The molecule has 11 heteroatoms. The molecular weight excluding hydrogens is 274 g/mol. The van der Waals surface area contributed by atoms with Gasteiger partial charge in [0.1, 0.15) is 0 Å². The summed E-state index contributed by atoms with van der Waals surface area (Å²) >= 11 is 0. The van der Waals surface area contributed by atoms with Crippen LogP contribution >= 0.6 is 0 Å². The number of hydrogen-bond acceptors (Lipinski definition) is 7. The first kappa shape index (κ1) is 22.5. The number of nitrogens with zero attached hydrogens (tertiary/aromatic N) is 1. The fraction of sp³-hybridized carbons (Fsp3) is 0. The summed E-state index contributed by atoms with van der Waals surface area (Å²) in [5, 5.41) is 10.1. The Labute approximate surface area is 142 Å². The summed E-state index contributed by atoms with van der Waals surface area (Å²) in [5.41, 5.74) is 5.90. The van der Waals surface area contributed by atoms with E-state index in [1.807, 2.05) is 0 Å². The predicted octanol–water partition coefficient (Wildman–Crippen LogP) is -6.15. The average molecular weight is 280 g/mol. The van der Waals surface area contributed by atoms with Crippen molar-refractivity contribution in [3.63, 3.8) is 0 Å². The van der Waals surface area contributed by atoms with E-state index in [0.717, 1.165) is 0 Å². The fourth-order valence-electron chi connectivity index (χ4n) is 0.596. The Hall–Kier alpha value is 0.290. The van der Waals surface area contributed by atoms with E-state index in [4.69, 9.17) is 23.3 Å². The third-order valence-electron chi connectivity index (χ3n) is 1.10. The molecule has 0 amide bonds. The van der Waals surface area contributed by atoms with Crippen LogP contribution in [-0.2, 0) is 10.4 Å². The van der Waals surface area contributed by atoms with E-state index >= 15 is 0 Å². The van der Waals surface area contributed by atoms with Gasteiger partial charge in [0, 0.05) is 28.2 Å². The van der Waals surface area contributed by atoms with E-state index in [2.05, 4.69) is 0 Å². The second kappa shape index (κ2) is 10.2. The normalized spacial score (nSPS) is 8.82. The molecule has 0 atom stereocenters. The maximum Gasteiger partial charge on any atom is 1.00 e. The average Bonchev–Trinajstić information content (AvgIpc) is 2.01. The van der Waals surface area contributed by atoms with Gasteiger partial charge in [0.2, 0.25) is 0 Å². The van der Waals surface area contributed by atoms with Crippen molar-refractivity contribution in [1.82, 2.24) is 0 Å². The first-order valence-electron chi connectivity index (χ1n) is 3.37. The van der Waals surface area contributed by atoms with E-state index in [1.54, 1.807) is 0 Å². The van der Waals surface area contributed by atoms with Crippen molar-refractivity contribution in [3.8, 4) is 0 Å². The van der Waals surface area contributed by atoms with Crippen LogP contribution in [0.1, 0.15) is 0 Å². The van der Waals surface area contributed by atoms with Crippen LogP contribution < -0.4 is 64.8 Å². The standard InChI is InChI=1S/C6H6N2O2.2Na.H2O4S/c7-5-1-3-6(4-2-5)8(9)10;;;1-5(2,3)4/h1-4H,7H2;;;(H2,1,2,3,4)/q;2*+1;/p-2. The van der Waals surface area contributed by atoms with Crippen molar-refractivity contribution < 1.29 is 81.6 Å². The molecule has 84 valence electrons.